The number of benzene rings is 1. The van der Waals surface area contributed by atoms with Crippen molar-refractivity contribution in [2.75, 3.05) is 6.54 Å². The van der Waals surface area contributed by atoms with Gasteiger partial charge in [-0.05, 0) is 52.4 Å². The number of nitrogens with zero attached hydrogens (tertiary/aromatic N) is 2. The maximum atomic E-state index is 11.8. The van der Waals surface area contributed by atoms with Crippen LogP contribution in [0, 0.1) is 6.92 Å². The fraction of sp³-hybridized carbons (Fsp3) is 0.368. The van der Waals surface area contributed by atoms with Gasteiger partial charge in [-0.2, -0.15) is 5.10 Å². The summed E-state index contributed by atoms with van der Waals surface area (Å²) in [7, 11) is 0. The van der Waals surface area contributed by atoms with Crippen molar-refractivity contribution in [3.05, 3.63) is 57.8 Å². The molecule has 1 amide bonds. The molecule has 2 rings (SSSR count). The fourth-order valence-corrected chi connectivity index (χ4v) is 2.60. The number of aryl methyl sites for hydroxylation is 2. The second-order valence-electron chi connectivity index (χ2n) is 6.12. The van der Waals surface area contributed by atoms with Crippen LogP contribution in [0.3, 0.4) is 0 Å². The zero-order valence-corrected chi connectivity index (χ0v) is 16.0. The third-order valence-electron chi connectivity index (χ3n) is 3.78. The topological polar surface area (TPSA) is 46.9 Å². The molecule has 0 unspecified atom stereocenters. The standard InChI is InChI=1S/C19H24BrN3O/c1-14(2)17-8-5-16(6-9-17)7-10-19(24)21-11-4-12-23-13-18(20)15(3)22-23/h5-10,13-14H,4,11-12H2,1-3H3,(H,21,24)/b10-7+. The highest BCUT2D eigenvalue weighted by Gasteiger charge is 2.01. The van der Waals surface area contributed by atoms with Gasteiger partial charge < -0.3 is 5.32 Å². The van der Waals surface area contributed by atoms with Gasteiger partial charge in [-0.3, -0.25) is 9.48 Å². The molecular formula is C19H24BrN3O. The molecule has 0 radical (unpaired) electrons. The summed E-state index contributed by atoms with van der Waals surface area (Å²) in [5, 5.41) is 7.26. The van der Waals surface area contributed by atoms with E-state index in [1.54, 1.807) is 6.08 Å². The van der Waals surface area contributed by atoms with E-state index in [-0.39, 0.29) is 5.91 Å². The van der Waals surface area contributed by atoms with Crippen molar-refractivity contribution in [3.8, 4) is 0 Å². The first-order valence-corrected chi connectivity index (χ1v) is 9.00. The number of amides is 1. The van der Waals surface area contributed by atoms with Crippen molar-refractivity contribution in [2.24, 2.45) is 0 Å². The summed E-state index contributed by atoms with van der Waals surface area (Å²) in [6.45, 7) is 7.71. The van der Waals surface area contributed by atoms with Crippen molar-refractivity contribution in [1.82, 2.24) is 15.1 Å². The average molecular weight is 390 g/mol. The van der Waals surface area contributed by atoms with Crippen LogP contribution in [0.25, 0.3) is 6.08 Å². The second kappa shape index (κ2) is 8.83. The van der Waals surface area contributed by atoms with E-state index in [0.717, 1.165) is 28.7 Å². The van der Waals surface area contributed by atoms with Gasteiger partial charge >= 0.3 is 0 Å². The van der Waals surface area contributed by atoms with Crippen LogP contribution in [-0.4, -0.2) is 22.2 Å². The number of nitrogens with one attached hydrogen (secondary N) is 1. The highest BCUT2D eigenvalue weighted by Crippen LogP contribution is 2.15. The van der Waals surface area contributed by atoms with Crippen LogP contribution < -0.4 is 5.32 Å². The number of hydrogen-bond donors (Lipinski definition) is 1. The lowest BCUT2D eigenvalue weighted by atomic mass is 10.0. The van der Waals surface area contributed by atoms with Crippen molar-refractivity contribution in [3.63, 3.8) is 0 Å². The smallest absolute Gasteiger partial charge is 0.244 e. The largest absolute Gasteiger partial charge is 0.352 e. The van der Waals surface area contributed by atoms with Gasteiger partial charge in [0.25, 0.3) is 0 Å². The van der Waals surface area contributed by atoms with Crippen molar-refractivity contribution in [2.45, 2.75) is 39.7 Å². The fourth-order valence-electron chi connectivity index (χ4n) is 2.28. The van der Waals surface area contributed by atoms with Crippen LogP contribution in [0.1, 0.15) is 43.0 Å². The highest BCUT2D eigenvalue weighted by atomic mass is 79.9. The minimum atomic E-state index is -0.0687. The Morgan fingerprint density at radius 1 is 1.33 bits per heavy atom. The summed E-state index contributed by atoms with van der Waals surface area (Å²) in [5.41, 5.74) is 3.31. The number of aromatic nitrogens is 2. The van der Waals surface area contributed by atoms with Gasteiger partial charge in [-0.1, -0.05) is 38.1 Å². The van der Waals surface area contributed by atoms with E-state index in [2.05, 4.69) is 52.3 Å². The Morgan fingerprint density at radius 3 is 2.62 bits per heavy atom. The summed E-state index contributed by atoms with van der Waals surface area (Å²) in [6.07, 6.45) is 6.22. The van der Waals surface area contributed by atoms with Crippen LogP contribution in [0.5, 0.6) is 0 Å². The normalized spacial score (nSPS) is 11.4. The van der Waals surface area contributed by atoms with E-state index in [1.807, 2.05) is 36.0 Å². The van der Waals surface area contributed by atoms with Crippen molar-refractivity contribution in [1.29, 1.82) is 0 Å². The molecule has 0 atom stereocenters. The molecule has 0 aliphatic heterocycles. The van der Waals surface area contributed by atoms with Crippen molar-refractivity contribution >= 4 is 27.9 Å². The number of halogens is 1. The molecule has 5 heteroatoms. The summed E-state index contributed by atoms with van der Waals surface area (Å²) >= 11 is 3.44. The summed E-state index contributed by atoms with van der Waals surface area (Å²) in [4.78, 5) is 11.8. The lowest BCUT2D eigenvalue weighted by molar-refractivity contribution is -0.116. The van der Waals surface area contributed by atoms with Crippen LogP contribution in [-0.2, 0) is 11.3 Å². The number of carbonyl (C=O) groups is 1. The van der Waals surface area contributed by atoms with Gasteiger partial charge in [0.1, 0.15) is 0 Å². The van der Waals surface area contributed by atoms with E-state index >= 15 is 0 Å². The van der Waals surface area contributed by atoms with E-state index in [1.165, 1.54) is 5.56 Å². The number of carbonyl (C=O) groups excluding carboxylic acids is 1. The van der Waals surface area contributed by atoms with Gasteiger partial charge in [0, 0.05) is 25.4 Å². The number of hydrogen-bond acceptors (Lipinski definition) is 2. The maximum absolute atomic E-state index is 11.8. The minimum Gasteiger partial charge on any atom is -0.352 e. The first kappa shape index (κ1) is 18.5. The Labute approximate surface area is 152 Å². The molecule has 0 saturated carbocycles. The summed E-state index contributed by atoms with van der Waals surface area (Å²) < 4.78 is 2.90. The van der Waals surface area contributed by atoms with Gasteiger partial charge in [-0.25, -0.2) is 0 Å². The Balaban J connectivity index is 1.72. The first-order valence-electron chi connectivity index (χ1n) is 8.21. The monoisotopic (exact) mass is 389 g/mol. The van der Waals surface area contributed by atoms with Gasteiger partial charge in [-0.15, -0.1) is 0 Å². The third-order valence-corrected chi connectivity index (χ3v) is 4.56. The molecule has 1 aromatic heterocycles. The zero-order chi connectivity index (χ0) is 17.5. The van der Waals surface area contributed by atoms with Gasteiger partial charge in [0.15, 0.2) is 0 Å². The molecule has 0 fully saturated rings. The van der Waals surface area contributed by atoms with Crippen LogP contribution >= 0.6 is 15.9 Å². The van der Waals surface area contributed by atoms with Crippen LogP contribution in [0.4, 0.5) is 0 Å². The highest BCUT2D eigenvalue weighted by molar-refractivity contribution is 9.10. The quantitative estimate of drug-likeness (QED) is 0.566. The minimum absolute atomic E-state index is 0.0687. The Bertz CT molecular complexity index is 682. The maximum Gasteiger partial charge on any atom is 0.244 e. The van der Waals surface area contributed by atoms with E-state index in [0.29, 0.717) is 12.5 Å². The molecule has 1 heterocycles. The third kappa shape index (κ3) is 5.64. The van der Waals surface area contributed by atoms with E-state index in [4.69, 9.17) is 0 Å². The Kier molecular flexibility index (Phi) is 6.79. The van der Waals surface area contributed by atoms with Crippen molar-refractivity contribution < 1.29 is 4.79 Å². The zero-order valence-electron chi connectivity index (χ0n) is 14.4. The molecule has 0 spiro atoms. The van der Waals surface area contributed by atoms with Gasteiger partial charge in [0.2, 0.25) is 5.91 Å². The molecular weight excluding hydrogens is 366 g/mol. The molecule has 1 N–H and O–H groups in total. The van der Waals surface area contributed by atoms with Crippen LogP contribution in [0.2, 0.25) is 0 Å². The molecule has 0 aliphatic rings. The lowest BCUT2D eigenvalue weighted by Crippen LogP contribution is -2.23. The predicted octanol–water partition coefficient (Wildman–Crippen LogP) is 4.30. The molecule has 4 nitrogen and oxygen atoms in total. The molecule has 24 heavy (non-hydrogen) atoms. The second-order valence-corrected chi connectivity index (χ2v) is 6.98. The molecule has 0 bridgehead atoms. The van der Waals surface area contributed by atoms with E-state index < -0.39 is 0 Å². The molecule has 0 saturated heterocycles. The molecule has 2 aromatic rings. The molecule has 0 aliphatic carbocycles. The lowest BCUT2D eigenvalue weighted by Gasteiger charge is -2.05. The van der Waals surface area contributed by atoms with Crippen LogP contribution in [0.15, 0.2) is 41.0 Å². The number of rotatable bonds is 7. The first-order chi connectivity index (χ1) is 11.5. The molecule has 128 valence electrons. The van der Waals surface area contributed by atoms with Gasteiger partial charge in [0.05, 0.1) is 10.2 Å². The summed E-state index contributed by atoms with van der Waals surface area (Å²) in [6, 6.07) is 8.28. The molecule has 1 aromatic carbocycles. The Morgan fingerprint density at radius 2 is 2.04 bits per heavy atom. The Hall–Kier alpha value is -1.88. The SMILES string of the molecule is Cc1nn(CCCNC(=O)/C=C/c2ccc(C(C)C)cc2)cc1Br. The predicted molar refractivity (Wildman–Crippen MR) is 102 cm³/mol. The van der Waals surface area contributed by atoms with E-state index in [9.17, 15) is 4.79 Å². The average Bonchev–Trinajstić information content (AvgIpc) is 2.88. The summed E-state index contributed by atoms with van der Waals surface area (Å²) in [5.74, 6) is 0.450.